The summed E-state index contributed by atoms with van der Waals surface area (Å²) < 4.78 is 0. The smallest absolute Gasteiger partial charge is 0.331 e. The maximum Gasteiger partial charge on any atom is 0.331 e. The predicted molar refractivity (Wildman–Crippen MR) is 66.5 cm³/mol. The molecule has 2 heteroatoms. The largest absolute Gasteiger partial charge is 0.478 e. The van der Waals surface area contributed by atoms with E-state index in [0.29, 0.717) is 23.2 Å². The lowest BCUT2D eigenvalue weighted by molar-refractivity contribution is -0.133. The maximum absolute atomic E-state index is 11.4. The Morgan fingerprint density at radius 2 is 2.12 bits per heavy atom. The molecule has 0 aromatic heterocycles. The van der Waals surface area contributed by atoms with E-state index < -0.39 is 5.97 Å². The Hall–Kier alpha value is -0.790. The number of carboxylic acids is 1. The average molecular weight is 234 g/mol. The van der Waals surface area contributed by atoms with E-state index in [-0.39, 0.29) is 5.41 Å². The van der Waals surface area contributed by atoms with E-state index in [0.717, 1.165) is 12.0 Å². The van der Waals surface area contributed by atoms with Crippen LogP contribution in [0.3, 0.4) is 0 Å². The highest BCUT2D eigenvalue weighted by atomic mass is 16.4. The van der Waals surface area contributed by atoms with Crippen LogP contribution in [0, 0.1) is 28.6 Å². The van der Waals surface area contributed by atoms with E-state index in [4.69, 9.17) is 0 Å². The molecule has 1 unspecified atom stereocenters. The Balaban J connectivity index is 2.06. The predicted octanol–water partition coefficient (Wildman–Crippen LogP) is 3.48. The molecule has 0 heterocycles. The number of aliphatic carboxylic acids is 1. The van der Waals surface area contributed by atoms with Crippen molar-refractivity contribution in [1.29, 1.82) is 0 Å². The van der Waals surface area contributed by atoms with Crippen molar-refractivity contribution in [2.24, 2.45) is 28.6 Å². The molecule has 0 aliphatic heterocycles. The van der Waals surface area contributed by atoms with Gasteiger partial charge in [-0.3, -0.25) is 0 Å². The van der Waals surface area contributed by atoms with Crippen LogP contribution < -0.4 is 0 Å². The first-order chi connectivity index (χ1) is 7.87. The van der Waals surface area contributed by atoms with Crippen LogP contribution in [-0.2, 0) is 4.79 Å². The summed E-state index contributed by atoms with van der Waals surface area (Å²) in [4.78, 5) is 11.4. The first-order valence-corrected chi connectivity index (χ1v) is 6.82. The summed E-state index contributed by atoms with van der Waals surface area (Å²) in [7, 11) is 0. The van der Waals surface area contributed by atoms with Gasteiger partial charge in [0.15, 0.2) is 0 Å². The number of carboxylic acid groups (broad SMARTS) is 1. The normalized spacial score (nSPS) is 46.5. The Morgan fingerprint density at radius 1 is 1.41 bits per heavy atom. The zero-order chi connectivity index (χ0) is 12.4. The molecule has 0 saturated heterocycles. The van der Waals surface area contributed by atoms with Gasteiger partial charge >= 0.3 is 5.97 Å². The van der Waals surface area contributed by atoms with E-state index in [9.17, 15) is 9.90 Å². The van der Waals surface area contributed by atoms with Crippen LogP contribution in [0.25, 0.3) is 0 Å². The molecule has 94 valence electrons. The molecule has 2 nitrogen and oxygen atoms in total. The summed E-state index contributed by atoms with van der Waals surface area (Å²) in [5, 5.41) is 9.36. The number of carbonyl (C=O) groups is 1. The molecule has 3 aliphatic carbocycles. The van der Waals surface area contributed by atoms with Crippen molar-refractivity contribution in [3.63, 3.8) is 0 Å². The standard InChI is InChI=1S/C15H22O2/c1-9-4-5-12-11(13(16)17)6-10-7-14(2,3)8-15(9,10)12/h6,9-10,12H,4-5,7-8H2,1-3H3,(H,16,17)/t9-,10-,12+,15?/m1/s1. The van der Waals surface area contributed by atoms with Crippen molar-refractivity contribution in [2.75, 3.05) is 0 Å². The number of hydrogen-bond donors (Lipinski definition) is 1. The van der Waals surface area contributed by atoms with Gasteiger partial charge in [0, 0.05) is 5.57 Å². The molecule has 4 atom stereocenters. The van der Waals surface area contributed by atoms with Gasteiger partial charge in [0.25, 0.3) is 0 Å². The highest BCUT2D eigenvalue weighted by molar-refractivity contribution is 5.88. The second-order valence-corrected chi connectivity index (χ2v) is 7.22. The lowest BCUT2D eigenvalue weighted by atomic mass is 9.67. The monoisotopic (exact) mass is 234 g/mol. The molecule has 17 heavy (non-hydrogen) atoms. The van der Waals surface area contributed by atoms with Gasteiger partial charge in [-0.25, -0.2) is 4.79 Å². The Bertz CT molecular complexity index is 407. The third-order valence-corrected chi connectivity index (χ3v) is 5.71. The quantitative estimate of drug-likeness (QED) is 0.754. The molecule has 2 fully saturated rings. The van der Waals surface area contributed by atoms with E-state index >= 15 is 0 Å². The van der Waals surface area contributed by atoms with Crippen LogP contribution in [-0.4, -0.2) is 11.1 Å². The lowest BCUT2D eigenvalue weighted by Crippen LogP contribution is -2.32. The van der Waals surface area contributed by atoms with Crippen LogP contribution in [0.5, 0.6) is 0 Å². The maximum atomic E-state index is 11.4. The SMILES string of the molecule is C[C@@H]1CC[C@H]2C(C(=O)O)=C[C@@H]3CC(C)(C)CC132. The minimum atomic E-state index is -0.671. The van der Waals surface area contributed by atoms with E-state index in [2.05, 4.69) is 26.8 Å². The van der Waals surface area contributed by atoms with Gasteiger partial charge in [-0.2, -0.15) is 0 Å². The van der Waals surface area contributed by atoms with Crippen LogP contribution in [0.2, 0.25) is 0 Å². The minimum Gasteiger partial charge on any atom is -0.478 e. The Labute approximate surface area is 103 Å². The third kappa shape index (κ3) is 1.30. The fraction of sp³-hybridized carbons (Fsp3) is 0.800. The summed E-state index contributed by atoms with van der Waals surface area (Å²) in [6, 6.07) is 0. The topological polar surface area (TPSA) is 37.3 Å². The summed E-state index contributed by atoms with van der Waals surface area (Å²) in [5.41, 5.74) is 1.41. The average Bonchev–Trinajstić information content (AvgIpc) is 2.73. The second-order valence-electron chi connectivity index (χ2n) is 7.22. The molecule has 3 rings (SSSR count). The third-order valence-electron chi connectivity index (χ3n) is 5.71. The van der Waals surface area contributed by atoms with Gasteiger partial charge in [-0.05, 0) is 54.3 Å². The molecule has 0 radical (unpaired) electrons. The highest BCUT2D eigenvalue weighted by Gasteiger charge is 2.63. The van der Waals surface area contributed by atoms with Crippen molar-refractivity contribution in [3.8, 4) is 0 Å². The summed E-state index contributed by atoms with van der Waals surface area (Å²) in [5.74, 6) is 0.871. The molecular weight excluding hydrogens is 212 g/mol. The van der Waals surface area contributed by atoms with Crippen molar-refractivity contribution in [1.82, 2.24) is 0 Å². The van der Waals surface area contributed by atoms with E-state index in [1.54, 1.807) is 0 Å². The fourth-order valence-electron chi connectivity index (χ4n) is 5.25. The number of rotatable bonds is 1. The molecule has 0 bridgehead atoms. The zero-order valence-corrected chi connectivity index (χ0v) is 11.0. The molecule has 0 amide bonds. The summed E-state index contributed by atoms with van der Waals surface area (Å²) in [6.45, 7) is 7.03. The van der Waals surface area contributed by atoms with Crippen molar-refractivity contribution >= 4 is 5.97 Å². The van der Waals surface area contributed by atoms with Crippen LogP contribution in [0.4, 0.5) is 0 Å². The minimum absolute atomic E-state index is 0.289. The van der Waals surface area contributed by atoms with E-state index in [1.165, 1.54) is 19.3 Å². The number of hydrogen-bond acceptors (Lipinski definition) is 1. The molecule has 0 aromatic carbocycles. The summed E-state index contributed by atoms with van der Waals surface area (Å²) in [6.07, 6.45) is 6.79. The van der Waals surface area contributed by atoms with E-state index in [1.807, 2.05) is 0 Å². The molecule has 0 aromatic rings. The fourth-order valence-corrected chi connectivity index (χ4v) is 5.25. The van der Waals surface area contributed by atoms with Crippen LogP contribution in [0.1, 0.15) is 46.5 Å². The Kier molecular flexibility index (Phi) is 2.10. The van der Waals surface area contributed by atoms with Gasteiger partial charge in [-0.15, -0.1) is 0 Å². The highest BCUT2D eigenvalue weighted by Crippen LogP contribution is 2.70. The van der Waals surface area contributed by atoms with Crippen LogP contribution >= 0.6 is 0 Å². The Morgan fingerprint density at radius 3 is 2.76 bits per heavy atom. The molecule has 3 aliphatic rings. The van der Waals surface area contributed by atoms with Gasteiger partial charge in [0.05, 0.1) is 0 Å². The van der Waals surface area contributed by atoms with Crippen LogP contribution in [0.15, 0.2) is 11.6 Å². The van der Waals surface area contributed by atoms with Gasteiger partial charge in [0.2, 0.25) is 0 Å². The molecule has 2 saturated carbocycles. The van der Waals surface area contributed by atoms with Crippen molar-refractivity contribution in [3.05, 3.63) is 11.6 Å². The first-order valence-electron chi connectivity index (χ1n) is 6.82. The first kappa shape index (κ1) is 11.3. The number of allylic oxidation sites excluding steroid dienone is 1. The molecule has 1 N–H and O–H groups in total. The summed E-state index contributed by atoms with van der Waals surface area (Å²) >= 11 is 0. The zero-order valence-electron chi connectivity index (χ0n) is 11.0. The van der Waals surface area contributed by atoms with Gasteiger partial charge in [-0.1, -0.05) is 26.8 Å². The van der Waals surface area contributed by atoms with Crippen molar-refractivity contribution < 1.29 is 9.90 Å². The lowest BCUT2D eigenvalue weighted by Gasteiger charge is -2.36. The second kappa shape index (κ2) is 3.15. The van der Waals surface area contributed by atoms with Gasteiger partial charge < -0.3 is 5.11 Å². The van der Waals surface area contributed by atoms with Gasteiger partial charge in [0.1, 0.15) is 0 Å². The molecular formula is C15H22O2. The van der Waals surface area contributed by atoms with Crippen molar-refractivity contribution in [2.45, 2.75) is 46.5 Å². The molecule has 1 spiro atoms.